The molecule has 3 nitrogen and oxygen atoms in total. The molecule has 1 aromatic rings. The minimum Gasteiger partial charge on any atom is -0.368 e. The Morgan fingerprint density at radius 3 is 2.31 bits per heavy atom. The molecule has 1 aliphatic heterocycles. The van der Waals surface area contributed by atoms with E-state index in [9.17, 15) is 4.79 Å². The van der Waals surface area contributed by atoms with Gasteiger partial charge in [0.05, 0.1) is 6.04 Å². The summed E-state index contributed by atoms with van der Waals surface area (Å²) in [6.07, 6.45) is 0.714. The molecule has 92 valence electrons. The fraction of sp³-hybridized carbons (Fsp3) is 0.300. The second kappa shape index (κ2) is 7.74. The van der Waals surface area contributed by atoms with Crippen molar-refractivity contribution in [3.63, 3.8) is 0 Å². The van der Waals surface area contributed by atoms with Crippen LogP contribution in [0, 0.1) is 0 Å². The standard InChI is InChI=1S/C10H12N2O.3ClH/c11-10(13)9-5-7-3-1-2-4-8(7)6-12-9;;;/h1-4,9,12H,5-6H2,(H2,11,13);3*1H. The summed E-state index contributed by atoms with van der Waals surface area (Å²) >= 11 is 0. The third-order valence-corrected chi connectivity index (χ3v) is 2.42. The Bertz CT molecular complexity index is 347. The van der Waals surface area contributed by atoms with Gasteiger partial charge in [-0.3, -0.25) is 4.79 Å². The molecule has 1 heterocycles. The summed E-state index contributed by atoms with van der Waals surface area (Å²) in [7, 11) is 0. The first-order valence-corrected chi connectivity index (χ1v) is 4.37. The van der Waals surface area contributed by atoms with Crippen LogP contribution in [0.25, 0.3) is 0 Å². The zero-order valence-electron chi connectivity index (χ0n) is 8.51. The van der Waals surface area contributed by atoms with E-state index in [1.54, 1.807) is 0 Å². The third kappa shape index (κ3) is 3.83. The summed E-state index contributed by atoms with van der Waals surface area (Å²) in [5.41, 5.74) is 7.71. The Kier molecular flexibility index (Phi) is 8.66. The van der Waals surface area contributed by atoms with Crippen LogP contribution in [0.4, 0.5) is 0 Å². The minimum absolute atomic E-state index is 0. The molecule has 0 saturated heterocycles. The molecule has 0 bridgehead atoms. The molecule has 0 aliphatic carbocycles. The van der Waals surface area contributed by atoms with Crippen LogP contribution < -0.4 is 11.1 Å². The van der Waals surface area contributed by atoms with Crippen molar-refractivity contribution < 1.29 is 4.79 Å². The molecular weight excluding hydrogens is 270 g/mol. The molecule has 16 heavy (non-hydrogen) atoms. The highest BCUT2D eigenvalue weighted by Gasteiger charge is 2.21. The molecule has 1 aliphatic rings. The second-order valence-corrected chi connectivity index (χ2v) is 3.31. The number of fused-ring (bicyclic) bond motifs is 1. The number of nitrogens with two attached hydrogens (primary N) is 1. The van der Waals surface area contributed by atoms with E-state index in [1.165, 1.54) is 11.1 Å². The van der Waals surface area contributed by atoms with Gasteiger partial charge < -0.3 is 11.1 Å². The van der Waals surface area contributed by atoms with Crippen molar-refractivity contribution in [3.8, 4) is 0 Å². The fourth-order valence-electron chi connectivity index (χ4n) is 1.66. The van der Waals surface area contributed by atoms with E-state index in [-0.39, 0.29) is 49.2 Å². The van der Waals surface area contributed by atoms with Crippen molar-refractivity contribution in [3.05, 3.63) is 35.4 Å². The lowest BCUT2D eigenvalue weighted by Crippen LogP contribution is -2.45. The lowest BCUT2D eigenvalue weighted by atomic mass is 9.96. The highest BCUT2D eigenvalue weighted by atomic mass is 35.5. The van der Waals surface area contributed by atoms with Crippen LogP contribution in [0.1, 0.15) is 11.1 Å². The number of benzene rings is 1. The van der Waals surface area contributed by atoms with Gasteiger partial charge in [-0.15, -0.1) is 37.2 Å². The molecule has 1 aromatic carbocycles. The Labute approximate surface area is 113 Å². The molecule has 3 N–H and O–H groups in total. The Morgan fingerprint density at radius 2 is 1.75 bits per heavy atom. The molecule has 1 atom stereocenters. The van der Waals surface area contributed by atoms with Crippen molar-refractivity contribution in [1.29, 1.82) is 0 Å². The molecule has 1 unspecified atom stereocenters. The number of carbonyl (C=O) groups excluding carboxylic acids is 1. The van der Waals surface area contributed by atoms with Gasteiger partial charge in [0.15, 0.2) is 0 Å². The smallest absolute Gasteiger partial charge is 0.234 e. The normalized spacial score (nSPS) is 16.9. The van der Waals surface area contributed by atoms with E-state index in [0.717, 1.165) is 6.54 Å². The highest BCUT2D eigenvalue weighted by Crippen LogP contribution is 2.15. The summed E-state index contributed by atoms with van der Waals surface area (Å²) in [5, 5.41) is 3.10. The molecule has 0 radical (unpaired) electrons. The largest absolute Gasteiger partial charge is 0.368 e. The van der Waals surface area contributed by atoms with Crippen LogP contribution in [-0.2, 0) is 17.8 Å². The van der Waals surface area contributed by atoms with Crippen molar-refractivity contribution in [2.75, 3.05) is 0 Å². The minimum atomic E-state index is -0.269. The van der Waals surface area contributed by atoms with Crippen molar-refractivity contribution in [1.82, 2.24) is 5.32 Å². The molecule has 0 fully saturated rings. The van der Waals surface area contributed by atoms with Crippen LogP contribution in [-0.4, -0.2) is 11.9 Å². The molecule has 0 aromatic heterocycles. The van der Waals surface area contributed by atoms with Crippen LogP contribution in [0.15, 0.2) is 24.3 Å². The van der Waals surface area contributed by atoms with E-state index >= 15 is 0 Å². The first-order valence-electron chi connectivity index (χ1n) is 4.37. The van der Waals surface area contributed by atoms with Crippen LogP contribution in [0.5, 0.6) is 0 Å². The maximum absolute atomic E-state index is 10.9. The Hall–Kier alpha value is -0.480. The second-order valence-electron chi connectivity index (χ2n) is 3.31. The maximum Gasteiger partial charge on any atom is 0.234 e. The SMILES string of the molecule is Cl.Cl.Cl.NC(=O)C1Cc2ccccc2CN1. The third-order valence-electron chi connectivity index (χ3n) is 2.42. The van der Waals surface area contributed by atoms with Gasteiger partial charge in [-0.05, 0) is 17.5 Å². The molecule has 0 saturated carbocycles. The number of hydrogen-bond acceptors (Lipinski definition) is 2. The lowest BCUT2D eigenvalue weighted by molar-refractivity contribution is -0.120. The van der Waals surface area contributed by atoms with Gasteiger partial charge in [0.2, 0.25) is 5.91 Å². The Balaban J connectivity index is 0. The molecule has 0 spiro atoms. The van der Waals surface area contributed by atoms with Crippen LogP contribution in [0.2, 0.25) is 0 Å². The topological polar surface area (TPSA) is 55.1 Å². The van der Waals surface area contributed by atoms with E-state index in [4.69, 9.17) is 5.73 Å². The zero-order chi connectivity index (χ0) is 9.26. The van der Waals surface area contributed by atoms with Gasteiger partial charge in [-0.2, -0.15) is 0 Å². The molecule has 6 heteroatoms. The summed E-state index contributed by atoms with van der Waals surface area (Å²) in [6, 6.07) is 7.91. The van der Waals surface area contributed by atoms with Crippen LogP contribution >= 0.6 is 37.2 Å². The van der Waals surface area contributed by atoms with E-state index in [0.29, 0.717) is 6.42 Å². The van der Waals surface area contributed by atoms with Gasteiger partial charge in [0, 0.05) is 6.54 Å². The van der Waals surface area contributed by atoms with Gasteiger partial charge in [0.25, 0.3) is 0 Å². The lowest BCUT2D eigenvalue weighted by Gasteiger charge is -2.23. The summed E-state index contributed by atoms with van der Waals surface area (Å²) in [6.45, 7) is 0.740. The molecule has 2 rings (SSSR count). The zero-order valence-corrected chi connectivity index (χ0v) is 11.0. The van der Waals surface area contributed by atoms with Gasteiger partial charge >= 0.3 is 0 Å². The summed E-state index contributed by atoms with van der Waals surface area (Å²) < 4.78 is 0. The van der Waals surface area contributed by atoms with Gasteiger partial charge in [-0.1, -0.05) is 24.3 Å². The van der Waals surface area contributed by atoms with E-state index in [2.05, 4.69) is 11.4 Å². The molecular formula is C10H15Cl3N2O. The number of amides is 1. The summed E-state index contributed by atoms with van der Waals surface area (Å²) in [5.74, 6) is -0.269. The van der Waals surface area contributed by atoms with Crippen molar-refractivity contribution >= 4 is 43.1 Å². The average molecular weight is 286 g/mol. The van der Waals surface area contributed by atoms with E-state index in [1.807, 2.05) is 18.2 Å². The number of carbonyl (C=O) groups is 1. The predicted octanol–water partition coefficient (Wildman–Crippen LogP) is 1.45. The summed E-state index contributed by atoms with van der Waals surface area (Å²) in [4.78, 5) is 10.9. The highest BCUT2D eigenvalue weighted by molar-refractivity contribution is 5.86. The average Bonchev–Trinajstić information content (AvgIpc) is 2.17. The number of primary amides is 1. The fourth-order valence-corrected chi connectivity index (χ4v) is 1.66. The van der Waals surface area contributed by atoms with Crippen molar-refractivity contribution in [2.45, 2.75) is 19.0 Å². The number of rotatable bonds is 1. The predicted molar refractivity (Wildman–Crippen MR) is 71.7 cm³/mol. The van der Waals surface area contributed by atoms with Crippen molar-refractivity contribution in [2.24, 2.45) is 5.73 Å². The molecule has 1 amide bonds. The van der Waals surface area contributed by atoms with Gasteiger partial charge in [0.1, 0.15) is 0 Å². The monoisotopic (exact) mass is 284 g/mol. The van der Waals surface area contributed by atoms with Crippen LogP contribution in [0.3, 0.4) is 0 Å². The number of hydrogen-bond donors (Lipinski definition) is 2. The first-order chi connectivity index (χ1) is 6.27. The quantitative estimate of drug-likeness (QED) is 0.820. The Morgan fingerprint density at radius 1 is 1.19 bits per heavy atom. The van der Waals surface area contributed by atoms with E-state index < -0.39 is 0 Å². The maximum atomic E-state index is 10.9. The first kappa shape index (κ1) is 17.9. The van der Waals surface area contributed by atoms with Gasteiger partial charge in [-0.25, -0.2) is 0 Å². The number of halogens is 3. The number of nitrogens with one attached hydrogen (secondary N) is 1.